The first kappa shape index (κ1) is 14.5. The lowest BCUT2D eigenvalue weighted by atomic mass is 10.0. The summed E-state index contributed by atoms with van der Waals surface area (Å²) in [5.41, 5.74) is 1.04. The van der Waals surface area contributed by atoms with E-state index in [2.05, 4.69) is 31.2 Å². The Morgan fingerprint density at radius 3 is 2.59 bits per heavy atom. The fourth-order valence-electron chi connectivity index (χ4n) is 1.75. The summed E-state index contributed by atoms with van der Waals surface area (Å²) in [7, 11) is 0. The second-order valence-corrected chi connectivity index (χ2v) is 5.53. The molecule has 1 heterocycles. The molecular weight excluding hydrogens is 234 g/mol. The highest BCUT2D eigenvalue weighted by atomic mass is 35.5. The van der Waals surface area contributed by atoms with E-state index in [0.717, 1.165) is 29.7 Å². The lowest BCUT2D eigenvalue weighted by Gasteiger charge is -2.15. The van der Waals surface area contributed by atoms with E-state index in [1.165, 1.54) is 12.8 Å². The quantitative estimate of drug-likeness (QED) is 0.813. The summed E-state index contributed by atoms with van der Waals surface area (Å²) < 4.78 is 1.95. The average molecular weight is 258 g/mol. The molecule has 1 aromatic heterocycles. The summed E-state index contributed by atoms with van der Waals surface area (Å²) in [6, 6.07) is 0.573. The van der Waals surface area contributed by atoms with E-state index in [0.29, 0.717) is 6.04 Å². The molecule has 0 bridgehead atoms. The zero-order valence-corrected chi connectivity index (χ0v) is 12.1. The van der Waals surface area contributed by atoms with Gasteiger partial charge in [-0.05, 0) is 32.6 Å². The maximum absolute atomic E-state index is 5.95. The van der Waals surface area contributed by atoms with E-state index >= 15 is 0 Å². The standard InChI is InChI=1S/C13H24ClN3/c1-10(2)5-6-11(3)15-7-8-17-12(4)13(14)9-16-17/h9-11,15H,5-8H2,1-4H3. The molecule has 0 aliphatic rings. The SMILES string of the molecule is Cc1c(Cl)cnn1CCNC(C)CCC(C)C. The van der Waals surface area contributed by atoms with Gasteiger partial charge in [0.1, 0.15) is 0 Å². The number of nitrogens with one attached hydrogen (secondary N) is 1. The minimum absolute atomic E-state index is 0.573. The van der Waals surface area contributed by atoms with Crippen molar-refractivity contribution in [1.82, 2.24) is 15.1 Å². The second kappa shape index (κ2) is 7.02. The van der Waals surface area contributed by atoms with Crippen LogP contribution < -0.4 is 5.32 Å². The highest BCUT2D eigenvalue weighted by Gasteiger charge is 2.05. The summed E-state index contributed by atoms with van der Waals surface area (Å²) >= 11 is 5.95. The van der Waals surface area contributed by atoms with Crippen LogP contribution in [0.4, 0.5) is 0 Å². The zero-order chi connectivity index (χ0) is 12.8. The Balaban J connectivity index is 2.21. The van der Waals surface area contributed by atoms with Crippen LogP contribution in [0.5, 0.6) is 0 Å². The number of rotatable bonds is 7. The van der Waals surface area contributed by atoms with Gasteiger partial charge in [-0.2, -0.15) is 5.10 Å². The van der Waals surface area contributed by atoms with Crippen LogP contribution in [-0.4, -0.2) is 22.4 Å². The molecule has 3 nitrogen and oxygen atoms in total. The molecule has 4 heteroatoms. The van der Waals surface area contributed by atoms with E-state index in [9.17, 15) is 0 Å². The smallest absolute Gasteiger partial charge is 0.0814 e. The Morgan fingerprint density at radius 2 is 2.06 bits per heavy atom. The predicted molar refractivity (Wildman–Crippen MR) is 73.5 cm³/mol. The lowest BCUT2D eigenvalue weighted by Crippen LogP contribution is -2.30. The maximum atomic E-state index is 5.95. The molecule has 1 aromatic rings. The molecule has 1 unspecified atom stereocenters. The Labute approximate surface area is 110 Å². The molecule has 0 aliphatic heterocycles. The van der Waals surface area contributed by atoms with E-state index in [1.807, 2.05) is 11.6 Å². The van der Waals surface area contributed by atoms with Crippen molar-refractivity contribution in [3.05, 3.63) is 16.9 Å². The van der Waals surface area contributed by atoms with Crippen LogP contribution in [0.2, 0.25) is 5.02 Å². The van der Waals surface area contributed by atoms with Crippen LogP contribution in [0.15, 0.2) is 6.20 Å². The number of aromatic nitrogens is 2. The molecule has 1 rings (SSSR count). The number of halogens is 1. The van der Waals surface area contributed by atoms with Crippen molar-refractivity contribution in [2.24, 2.45) is 5.92 Å². The monoisotopic (exact) mass is 257 g/mol. The number of hydrogen-bond donors (Lipinski definition) is 1. The second-order valence-electron chi connectivity index (χ2n) is 5.13. The van der Waals surface area contributed by atoms with Gasteiger partial charge in [0.25, 0.3) is 0 Å². The molecule has 0 radical (unpaired) electrons. The fraction of sp³-hybridized carbons (Fsp3) is 0.769. The molecule has 0 fully saturated rings. The third-order valence-corrected chi connectivity index (χ3v) is 3.41. The number of hydrogen-bond acceptors (Lipinski definition) is 2. The summed E-state index contributed by atoms with van der Waals surface area (Å²) in [4.78, 5) is 0. The van der Waals surface area contributed by atoms with E-state index in [-0.39, 0.29) is 0 Å². The van der Waals surface area contributed by atoms with Crippen molar-refractivity contribution in [3.63, 3.8) is 0 Å². The molecule has 0 aromatic carbocycles. The van der Waals surface area contributed by atoms with Crippen molar-refractivity contribution in [2.75, 3.05) is 6.54 Å². The van der Waals surface area contributed by atoms with Crippen LogP contribution in [0.3, 0.4) is 0 Å². The molecule has 98 valence electrons. The minimum atomic E-state index is 0.573. The van der Waals surface area contributed by atoms with Gasteiger partial charge in [0.15, 0.2) is 0 Å². The summed E-state index contributed by atoms with van der Waals surface area (Å²) in [5.74, 6) is 0.784. The highest BCUT2D eigenvalue weighted by Crippen LogP contribution is 2.12. The Kier molecular flexibility index (Phi) is 6.00. The molecule has 0 spiro atoms. The van der Waals surface area contributed by atoms with E-state index in [1.54, 1.807) is 6.20 Å². The van der Waals surface area contributed by atoms with Crippen molar-refractivity contribution >= 4 is 11.6 Å². The molecular formula is C13H24ClN3. The van der Waals surface area contributed by atoms with Gasteiger partial charge in [0, 0.05) is 12.6 Å². The lowest BCUT2D eigenvalue weighted by molar-refractivity contribution is 0.433. The molecule has 17 heavy (non-hydrogen) atoms. The molecule has 0 aliphatic carbocycles. The van der Waals surface area contributed by atoms with Crippen LogP contribution in [-0.2, 0) is 6.54 Å². The first-order valence-electron chi connectivity index (χ1n) is 6.42. The highest BCUT2D eigenvalue weighted by molar-refractivity contribution is 6.31. The Hall–Kier alpha value is -0.540. The van der Waals surface area contributed by atoms with Crippen LogP contribution >= 0.6 is 11.6 Å². The normalized spacial score (nSPS) is 13.3. The van der Waals surface area contributed by atoms with Crippen molar-refractivity contribution in [3.8, 4) is 0 Å². The maximum Gasteiger partial charge on any atom is 0.0814 e. The minimum Gasteiger partial charge on any atom is -0.312 e. The molecule has 0 saturated heterocycles. The van der Waals surface area contributed by atoms with Crippen molar-refractivity contribution in [1.29, 1.82) is 0 Å². The molecule has 1 N–H and O–H groups in total. The van der Waals surface area contributed by atoms with E-state index in [4.69, 9.17) is 11.6 Å². The molecule has 0 saturated carbocycles. The third kappa shape index (κ3) is 5.09. The van der Waals surface area contributed by atoms with Gasteiger partial charge < -0.3 is 5.32 Å². The Bertz CT molecular complexity index is 333. The fourth-order valence-corrected chi connectivity index (χ4v) is 1.89. The van der Waals surface area contributed by atoms with Gasteiger partial charge >= 0.3 is 0 Å². The largest absolute Gasteiger partial charge is 0.312 e. The first-order chi connectivity index (χ1) is 8.00. The van der Waals surface area contributed by atoms with Crippen LogP contribution in [0, 0.1) is 12.8 Å². The molecule has 1 atom stereocenters. The topological polar surface area (TPSA) is 29.9 Å². The van der Waals surface area contributed by atoms with Crippen molar-refractivity contribution < 1.29 is 0 Å². The molecule has 0 amide bonds. The van der Waals surface area contributed by atoms with Gasteiger partial charge in [-0.25, -0.2) is 0 Å². The van der Waals surface area contributed by atoms with Gasteiger partial charge in [0.2, 0.25) is 0 Å². The van der Waals surface area contributed by atoms with Gasteiger partial charge in [-0.1, -0.05) is 25.4 Å². The first-order valence-corrected chi connectivity index (χ1v) is 6.79. The predicted octanol–water partition coefficient (Wildman–Crippen LogP) is 3.26. The number of nitrogens with zero attached hydrogens (tertiary/aromatic N) is 2. The summed E-state index contributed by atoms with van der Waals surface area (Å²) in [5, 5.41) is 8.50. The summed E-state index contributed by atoms with van der Waals surface area (Å²) in [6.07, 6.45) is 4.22. The van der Waals surface area contributed by atoms with Crippen LogP contribution in [0.1, 0.15) is 39.3 Å². The zero-order valence-electron chi connectivity index (χ0n) is 11.3. The summed E-state index contributed by atoms with van der Waals surface area (Å²) in [6.45, 7) is 10.6. The Morgan fingerprint density at radius 1 is 1.35 bits per heavy atom. The van der Waals surface area contributed by atoms with Gasteiger partial charge in [0.05, 0.1) is 23.5 Å². The van der Waals surface area contributed by atoms with Gasteiger partial charge in [-0.15, -0.1) is 0 Å². The van der Waals surface area contributed by atoms with Crippen LogP contribution in [0.25, 0.3) is 0 Å². The van der Waals surface area contributed by atoms with Crippen molar-refractivity contribution in [2.45, 2.75) is 53.1 Å². The average Bonchev–Trinajstić information content (AvgIpc) is 2.58. The van der Waals surface area contributed by atoms with E-state index < -0.39 is 0 Å². The van der Waals surface area contributed by atoms with Gasteiger partial charge in [-0.3, -0.25) is 4.68 Å². The third-order valence-electron chi connectivity index (χ3n) is 3.04.